The number of amides is 2. The molecule has 1 saturated carbocycles. The smallest absolute Gasteiger partial charge is 0.309 e. The van der Waals surface area contributed by atoms with Crippen molar-refractivity contribution in [2.45, 2.75) is 63.6 Å². The summed E-state index contributed by atoms with van der Waals surface area (Å²) >= 11 is 1.70. The first-order chi connectivity index (χ1) is 14.7. The van der Waals surface area contributed by atoms with Gasteiger partial charge >= 0.3 is 11.8 Å². The van der Waals surface area contributed by atoms with Crippen LogP contribution in [0.25, 0.3) is 0 Å². The highest BCUT2D eigenvalue weighted by Crippen LogP contribution is 2.30. The molecule has 0 saturated heterocycles. The van der Waals surface area contributed by atoms with Gasteiger partial charge < -0.3 is 10.6 Å². The van der Waals surface area contributed by atoms with Gasteiger partial charge in [-0.15, -0.1) is 11.3 Å². The number of rotatable bonds is 5. The molecule has 2 heterocycles. The Morgan fingerprint density at radius 2 is 1.77 bits per heavy atom. The average molecular weight is 426 g/mol. The van der Waals surface area contributed by atoms with Gasteiger partial charge in [0.2, 0.25) is 0 Å². The van der Waals surface area contributed by atoms with Gasteiger partial charge in [0.15, 0.2) is 0 Å². The first kappa shape index (κ1) is 21.1. The summed E-state index contributed by atoms with van der Waals surface area (Å²) in [5, 5.41) is 7.93. The molecular weight excluding hydrogens is 394 g/mol. The molecule has 0 radical (unpaired) electrons. The molecule has 4 rings (SSSR count). The third-order valence-electron chi connectivity index (χ3n) is 6.33. The van der Waals surface area contributed by atoms with Gasteiger partial charge in [0, 0.05) is 30.6 Å². The molecule has 2 N–H and O–H groups in total. The monoisotopic (exact) mass is 425 g/mol. The van der Waals surface area contributed by atoms with Crippen molar-refractivity contribution in [3.8, 4) is 0 Å². The lowest BCUT2D eigenvalue weighted by Gasteiger charge is -2.35. The van der Waals surface area contributed by atoms with E-state index in [0.717, 1.165) is 45.2 Å². The molecule has 0 spiro atoms. The van der Waals surface area contributed by atoms with E-state index in [1.165, 1.54) is 28.8 Å². The maximum atomic E-state index is 12.5. The van der Waals surface area contributed by atoms with E-state index in [1.807, 2.05) is 6.07 Å². The number of hydrogen-bond donors (Lipinski definition) is 2. The Hall–Kier alpha value is -2.18. The number of nitrogens with zero attached hydrogens (tertiary/aromatic N) is 1. The Morgan fingerprint density at radius 1 is 1.00 bits per heavy atom. The fourth-order valence-corrected chi connectivity index (χ4v) is 5.48. The zero-order chi connectivity index (χ0) is 20.8. The highest BCUT2D eigenvalue weighted by atomic mass is 32.1. The molecular formula is C24H31N3O2S. The molecule has 2 amide bonds. The van der Waals surface area contributed by atoms with Crippen molar-refractivity contribution in [3.05, 3.63) is 57.8 Å². The summed E-state index contributed by atoms with van der Waals surface area (Å²) in [4.78, 5) is 28.6. The predicted molar refractivity (Wildman–Crippen MR) is 120 cm³/mol. The Bertz CT molecular complexity index is 844. The molecule has 30 heavy (non-hydrogen) atoms. The number of hydrogen-bond acceptors (Lipinski definition) is 4. The topological polar surface area (TPSA) is 61.4 Å². The van der Waals surface area contributed by atoms with Crippen molar-refractivity contribution in [2.75, 3.05) is 13.1 Å². The lowest BCUT2D eigenvalue weighted by Crippen LogP contribution is -2.47. The van der Waals surface area contributed by atoms with Crippen LogP contribution in [0.1, 0.15) is 60.6 Å². The lowest BCUT2D eigenvalue weighted by molar-refractivity contribution is -0.139. The Morgan fingerprint density at radius 3 is 2.50 bits per heavy atom. The minimum Gasteiger partial charge on any atom is -0.346 e. The summed E-state index contributed by atoms with van der Waals surface area (Å²) in [7, 11) is 0. The number of carbonyl (C=O) groups is 2. The summed E-state index contributed by atoms with van der Waals surface area (Å²) in [5.41, 5.74) is 2.76. The molecule has 5 nitrogen and oxygen atoms in total. The van der Waals surface area contributed by atoms with Crippen molar-refractivity contribution in [1.29, 1.82) is 0 Å². The van der Waals surface area contributed by atoms with Crippen LogP contribution in [-0.2, 0) is 22.6 Å². The average Bonchev–Trinajstić information content (AvgIpc) is 3.18. The second-order valence-corrected chi connectivity index (χ2v) is 9.37. The summed E-state index contributed by atoms with van der Waals surface area (Å²) in [6.07, 6.45) is 7.66. The molecule has 1 aliphatic carbocycles. The predicted octanol–water partition coefficient (Wildman–Crippen LogP) is 3.80. The number of nitrogens with one attached hydrogen (secondary N) is 2. The van der Waals surface area contributed by atoms with E-state index in [2.05, 4.69) is 51.2 Å². The maximum Gasteiger partial charge on any atom is 0.309 e. The van der Waals surface area contributed by atoms with E-state index >= 15 is 0 Å². The quantitative estimate of drug-likeness (QED) is 0.566. The second-order valence-electron chi connectivity index (χ2n) is 8.39. The van der Waals surface area contributed by atoms with Gasteiger partial charge in [-0.05, 0) is 41.8 Å². The summed E-state index contributed by atoms with van der Waals surface area (Å²) in [5.74, 6) is -1.01. The van der Waals surface area contributed by atoms with Crippen molar-refractivity contribution < 1.29 is 9.59 Å². The van der Waals surface area contributed by atoms with E-state index in [9.17, 15) is 9.59 Å². The number of fused-ring (bicyclic) bond motifs is 1. The van der Waals surface area contributed by atoms with E-state index in [4.69, 9.17) is 0 Å². The molecule has 1 aromatic heterocycles. The van der Waals surface area contributed by atoms with E-state index in [-0.39, 0.29) is 12.1 Å². The van der Waals surface area contributed by atoms with Gasteiger partial charge in [0.05, 0.1) is 6.04 Å². The first-order valence-corrected chi connectivity index (χ1v) is 12.0. The standard InChI is InChI=1S/C24H31N3O2S/c28-23(24(29)26-20-10-3-1-2-4-11-20)25-16-21(22-12-7-15-30-22)27-14-13-18-8-5-6-9-19(18)17-27/h5-9,12,15,20-21H,1-4,10-11,13-14,16-17H2,(H,25,28)(H,26,29)/t21-/m1/s1. The summed E-state index contributed by atoms with van der Waals surface area (Å²) < 4.78 is 0. The fraction of sp³-hybridized carbons (Fsp3) is 0.500. The van der Waals surface area contributed by atoms with E-state index in [0.29, 0.717) is 6.54 Å². The molecule has 1 fully saturated rings. The van der Waals surface area contributed by atoms with Crippen LogP contribution in [0.15, 0.2) is 41.8 Å². The minimum absolute atomic E-state index is 0.0768. The number of carbonyl (C=O) groups excluding carboxylic acids is 2. The van der Waals surface area contributed by atoms with Gasteiger partial charge in [-0.2, -0.15) is 0 Å². The van der Waals surface area contributed by atoms with Crippen molar-refractivity contribution >= 4 is 23.2 Å². The van der Waals surface area contributed by atoms with E-state index < -0.39 is 11.8 Å². The van der Waals surface area contributed by atoms with Crippen LogP contribution in [0.2, 0.25) is 0 Å². The van der Waals surface area contributed by atoms with Crippen LogP contribution >= 0.6 is 11.3 Å². The van der Waals surface area contributed by atoms with Gasteiger partial charge in [-0.3, -0.25) is 14.5 Å². The highest BCUT2D eigenvalue weighted by molar-refractivity contribution is 7.10. The van der Waals surface area contributed by atoms with Gasteiger partial charge in [-0.25, -0.2) is 0 Å². The van der Waals surface area contributed by atoms with Crippen LogP contribution in [0.3, 0.4) is 0 Å². The third kappa shape index (κ3) is 5.29. The zero-order valence-corrected chi connectivity index (χ0v) is 18.3. The van der Waals surface area contributed by atoms with Crippen molar-refractivity contribution in [3.63, 3.8) is 0 Å². The lowest BCUT2D eigenvalue weighted by atomic mass is 9.98. The Kier molecular flexibility index (Phi) is 7.18. The molecule has 6 heteroatoms. The van der Waals surface area contributed by atoms with Crippen LogP contribution < -0.4 is 10.6 Å². The molecule has 2 aliphatic rings. The molecule has 2 aromatic rings. The molecule has 0 bridgehead atoms. The van der Waals surface area contributed by atoms with Crippen LogP contribution in [0.4, 0.5) is 0 Å². The minimum atomic E-state index is -0.516. The van der Waals surface area contributed by atoms with Crippen LogP contribution in [0.5, 0.6) is 0 Å². The van der Waals surface area contributed by atoms with Gasteiger partial charge in [-0.1, -0.05) is 56.0 Å². The molecule has 1 atom stereocenters. The van der Waals surface area contributed by atoms with Crippen molar-refractivity contribution in [1.82, 2.24) is 15.5 Å². The normalized spacial score (nSPS) is 18.8. The number of benzene rings is 1. The van der Waals surface area contributed by atoms with Crippen molar-refractivity contribution in [2.24, 2.45) is 0 Å². The fourth-order valence-electron chi connectivity index (χ4n) is 4.62. The van der Waals surface area contributed by atoms with Crippen LogP contribution in [0, 0.1) is 0 Å². The summed E-state index contributed by atoms with van der Waals surface area (Å²) in [6.45, 7) is 2.26. The zero-order valence-electron chi connectivity index (χ0n) is 17.4. The Labute approximate surface area is 182 Å². The Balaban J connectivity index is 1.37. The van der Waals surface area contributed by atoms with Gasteiger partial charge in [0.25, 0.3) is 0 Å². The third-order valence-corrected chi connectivity index (χ3v) is 7.30. The summed E-state index contributed by atoms with van der Waals surface area (Å²) in [6, 6.07) is 12.9. The van der Waals surface area contributed by atoms with E-state index in [1.54, 1.807) is 11.3 Å². The molecule has 1 aliphatic heterocycles. The van der Waals surface area contributed by atoms with Crippen LogP contribution in [-0.4, -0.2) is 35.8 Å². The molecule has 160 valence electrons. The molecule has 0 unspecified atom stereocenters. The SMILES string of the molecule is O=C(NC[C@H](c1cccs1)N1CCc2ccccc2C1)C(=O)NC1CCCCCC1. The highest BCUT2D eigenvalue weighted by Gasteiger charge is 2.27. The largest absolute Gasteiger partial charge is 0.346 e. The first-order valence-electron chi connectivity index (χ1n) is 11.1. The van der Waals surface area contributed by atoms with Gasteiger partial charge in [0.1, 0.15) is 0 Å². The number of thiophene rings is 1. The molecule has 1 aromatic carbocycles. The second kappa shape index (κ2) is 10.2. The maximum absolute atomic E-state index is 12.5.